The van der Waals surface area contributed by atoms with Gasteiger partial charge < -0.3 is 11.1 Å². The van der Waals surface area contributed by atoms with Crippen LogP contribution in [0.4, 0.5) is 0 Å². The van der Waals surface area contributed by atoms with E-state index in [0.29, 0.717) is 12.6 Å². The maximum absolute atomic E-state index is 5.49. The topological polar surface area (TPSA) is 50.9 Å². The zero-order valence-electron chi connectivity index (χ0n) is 8.25. The van der Waals surface area contributed by atoms with Crippen molar-refractivity contribution < 1.29 is 0 Å². The van der Waals surface area contributed by atoms with E-state index in [4.69, 9.17) is 5.73 Å². The zero-order valence-corrected chi connectivity index (χ0v) is 8.25. The first-order valence-corrected chi connectivity index (χ1v) is 4.56. The smallest absolute Gasteiger partial charge is 0.0313 e. The van der Waals surface area contributed by atoms with Gasteiger partial charge in [-0.05, 0) is 25.0 Å². The van der Waals surface area contributed by atoms with Crippen LogP contribution < -0.4 is 11.1 Å². The van der Waals surface area contributed by atoms with Crippen molar-refractivity contribution in [1.82, 2.24) is 10.3 Å². The van der Waals surface area contributed by atoms with E-state index in [-0.39, 0.29) is 0 Å². The molecule has 0 aliphatic heterocycles. The van der Waals surface area contributed by atoms with E-state index in [1.54, 1.807) is 0 Å². The molecule has 0 aliphatic rings. The number of hydrogen-bond donors (Lipinski definition) is 2. The van der Waals surface area contributed by atoms with Crippen molar-refractivity contribution in [1.29, 1.82) is 0 Å². The summed E-state index contributed by atoms with van der Waals surface area (Å²) in [6.07, 6.45) is 3.74. The predicted octanol–water partition coefficient (Wildman–Crippen LogP) is 0.827. The Hall–Kier alpha value is -0.930. The molecule has 1 aromatic heterocycles. The summed E-state index contributed by atoms with van der Waals surface area (Å²) < 4.78 is 0. The van der Waals surface area contributed by atoms with Gasteiger partial charge in [-0.2, -0.15) is 0 Å². The number of nitrogens with one attached hydrogen (secondary N) is 1. The van der Waals surface area contributed by atoms with Gasteiger partial charge in [-0.25, -0.2) is 0 Å². The minimum absolute atomic E-state index is 0.362. The normalized spacial score (nSPS) is 12.8. The summed E-state index contributed by atoms with van der Waals surface area (Å²) in [6.45, 7) is 5.62. The van der Waals surface area contributed by atoms with Gasteiger partial charge >= 0.3 is 0 Å². The van der Waals surface area contributed by atoms with Gasteiger partial charge in [0.05, 0.1) is 0 Å². The zero-order chi connectivity index (χ0) is 9.68. The second-order valence-electron chi connectivity index (χ2n) is 3.39. The van der Waals surface area contributed by atoms with Gasteiger partial charge in [-0.3, -0.25) is 4.98 Å². The van der Waals surface area contributed by atoms with Crippen molar-refractivity contribution in [2.24, 2.45) is 5.73 Å². The van der Waals surface area contributed by atoms with Crippen molar-refractivity contribution in [3.8, 4) is 0 Å². The Labute approximate surface area is 79.4 Å². The summed E-state index contributed by atoms with van der Waals surface area (Å²) >= 11 is 0. The van der Waals surface area contributed by atoms with Gasteiger partial charge in [-0.1, -0.05) is 6.07 Å². The summed E-state index contributed by atoms with van der Waals surface area (Å²) in [7, 11) is 0. The number of nitrogens with zero attached hydrogens (tertiary/aromatic N) is 1. The lowest BCUT2D eigenvalue weighted by Crippen LogP contribution is -2.32. The van der Waals surface area contributed by atoms with Gasteiger partial charge in [-0.15, -0.1) is 0 Å². The van der Waals surface area contributed by atoms with Crippen LogP contribution in [0, 0.1) is 6.92 Å². The highest BCUT2D eigenvalue weighted by atomic mass is 14.9. The van der Waals surface area contributed by atoms with E-state index >= 15 is 0 Å². The molecule has 13 heavy (non-hydrogen) atoms. The Morgan fingerprint density at radius 3 is 2.92 bits per heavy atom. The molecule has 3 N–H and O–H groups in total. The molecule has 0 amide bonds. The number of nitrogens with two attached hydrogens (primary N) is 1. The van der Waals surface area contributed by atoms with Crippen molar-refractivity contribution in [3.63, 3.8) is 0 Å². The maximum atomic E-state index is 5.49. The molecule has 1 atom stereocenters. The third-order valence-electron chi connectivity index (χ3n) is 1.94. The summed E-state index contributed by atoms with van der Waals surface area (Å²) in [5.74, 6) is 0. The SMILES string of the molecule is Cc1cncc(CNC(C)CN)c1. The van der Waals surface area contributed by atoms with Crippen LogP contribution in [0.1, 0.15) is 18.1 Å². The third-order valence-corrected chi connectivity index (χ3v) is 1.94. The van der Waals surface area contributed by atoms with Crippen LogP contribution in [0.5, 0.6) is 0 Å². The van der Waals surface area contributed by atoms with Crippen molar-refractivity contribution in [2.75, 3.05) is 6.54 Å². The monoisotopic (exact) mass is 179 g/mol. The Morgan fingerprint density at radius 2 is 2.31 bits per heavy atom. The second-order valence-corrected chi connectivity index (χ2v) is 3.39. The highest BCUT2D eigenvalue weighted by Gasteiger charge is 1.98. The lowest BCUT2D eigenvalue weighted by Gasteiger charge is -2.10. The Balaban J connectivity index is 2.45. The van der Waals surface area contributed by atoms with E-state index in [1.165, 1.54) is 11.1 Å². The molecule has 1 aromatic rings. The van der Waals surface area contributed by atoms with Crippen LogP contribution in [-0.2, 0) is 6.54 Å². The molecule has 0 saturated heterocycles. The first kappa shape index (κ1) is 10.2. The van der Waals surface area contributed by atoms with Gasteiger partial charge in [0, 0.05) is 31.5 Å². The molecule has 0 aromatic carbocycles. The van der Waals surface area contributed by atoms with Crippen LogP contribution in [0.2, 0.25) is 0 Å². The molecule has 1 unspecified atom stereocenters. The molecular weight excluding hydrogens is 162 g/mol. The molecule has 72 valence electrons. The van der Waals surface area contributed by atoms with Crippen LogP contribution in [0.15, 0.2) is 18.5 Å². The van der Waals surface area contributed by atoms with Gasteiger partial charge in [0.2, 0.25) is 0 Å². The minimum Gasteiger partial charge on any atom is -0.329 e. The molecular formula is C10H17N3. The van der Waals surface area contributed by atoms with Gasteiger partial charge in [0.25, 0.3) is 0 Å². The first-order valence-electron chi connectivity index (χ1n) is 4.56. The highest BCUT2D eigenvalue weighted by Crippen LogP contribution is 2.00. The van der Waals surface area contributed by atoms with E-state index in [9.17, 15) is 0 Å². The molecule has 0 bridgehead atoms. The third kappa shape index (κ3) is 3.53. The molecule has 1 rings (SSSR count). The molecule has 3 nitrogen and oxygen atoms in total. The average Bonchev–Trinajstić information content (AvgIpc) is 2.14. The fourth-order valence-corrected chi connectivity index (χ4v) is 1.09. The Bertz CT molecular complexity index is 260. The van der Waals surface area contributed by atoms with Crippen LogP contribution >= 0.6 is 0 Å². The second kappa shape index (κ2) is 4.94. The highest BCUT2D eigenvalue weighted by molar-refractivity contribution is 5.16. The van der Waals surface area contributed by atoms with Crippen molar-refractivity contribution >= 4 is 0 Å². The minimum atomic E-state index is 0.362. The Kier molecular flexibility index (Phi) is 3.86. The fraction of sp³-hybridized carbons (Fsp3) is 0.500. The molecule has 0 radical (unpaired) electrons. The number of pyridine rings is 1. The number of aromatic nitrogens is 1. The van der Waals surface area contributed by atoms with Gasteiger partial charge in [0.1, 0.15) is 0 Å². The number of hydrogen-bond acceptors (Lipinski definition) is 3. The quantitative estimate of drug-likeness (QED) is 0.719. The van der Waals surface area contributed by atoms with Crippen LogP contribution in [-0.4, -0.2) is 17.6 Å². The van der Waals surface area contributed by atoms with Gasteiger partial charge in [0.15, 0.2) is 0 Å². The first-order chi connectivity index (χ1) is 6.22. The lowest BCUT2D eigenvalue weighted by atomic mass is 10.2. The van der Waals surface area contributed by atoms with Crippen LogP contribution in [0.3, 0.4) is 0 Å². The Morgan fingerprint density at radius 1 is 1.54 bits per heavy atom. The number of rotatable bonds is 4. The van der Waals surface area contributed by atoms with Crippen molar-refractivity contribution in [2.45, 2.75) is 26.4 Å². The summed E-state index contributed by atoms with van der Waals surface area (Å²) in [6, 6.07) is 2.49. The van der Waals surface area contributed by atoms with E-state index in [1.807, 2.05) is 19.3 Å². The fourth-order valence-electron chi connectivity index (χ4n) is 1.09. The standard InChI is InChI=1S/C10H17N3/c1-8-3-10(6-12-5-8)7-13-9(2)4-11/h3,5-6,9,13H,4,7,11H2,1-2H3. The molecule has 0 fully saturated rings. The lowest BCUT2D eigenvalue weighted by molar-refractivity contribution is 0.555. The summed E-state index contributed by atoms with van der Waals surface area (Å²) in [4.78, 5) is 4.12. The van der Waals surface area contributed by atoms with E-state index in [2.05, 4.69) is 23.3 Å². The molecule has 3 heteroatoms. The molecule has 0 spiro atoms. The van der Waals surface area contributed by atoms with E-state index in [0.717, 1.165) is 6.54 Å². The summed E-state index contributed by atoms with van der Waals surface area (Å²) in [5.41, 5.74) is 7.89. The largest absolute Gasteiger partial charge is 0.329 e. The summed E-state index contributed by atoms with van der Waals surface area (Å²) in [5, 5.41) is 3.31. The average molecular weight is 179 g/mol. The maximum Gasteiger partial charge on any atom is 0.0313 e. The number of aryl methyl sites for hydroxylation is 1. The van der Waals surface area contributed by atoms with Crippen LogP contribution in [0.25, 0.3) is 0 Å². The molecule has 0 aliphatic carbocycles. The predicted molar refractivity (Wildman–Crippen MR) is 54.3 cm³/mol. The molecule has 0 saturated carbocycles. The van der Waals surface area contributed by atoms with E-state index < -0.39 is 0 Å². The molecule has 1 heterocycles. The van der Waals surface area contributed by atoms with Crippen molar-refractivity contribution in [3.05, 3.63) is 29.6 Å².